The van der Waals surface area contributed by atoms with Crippen LogP contribution in [0, 0.1) is 0 Å². The molecule has 0 saturated carbocycles. The van der Waals surface area contributed by atoms with Gasteiger partial charge in [-0.05, 0) is 29.8 Å². The summed E-state index contributed by atoms with van der Waals surface area (Å²) in [5.41, 5.74) is 1.11. The Balaban J connectivity index is 1.67. The van der Waals surface area contributed by atoms with Crippen LogP contribution < -0.4 is 14.8 Å². The molecule has 158 valence electrons. The zero-order valence-electron chi connectivity index (χ0n) is 16.7. The molecule has 2 aromatic rings. The number of carbonyl (C=O) groups is 4. The van der Waals surface area contributed by atoms with Gasteiger partial charge in [0.05, 0.1) is 12.2 Å². The van der Waals surface area contributed by atoms with Gasteiger partial charge in [-0.1, -0.05) is 18.2 Å². The number of hydrogen-bond donors (Lipinski definition) is 1. The van der Waals surface area contributed by atoms with Crippen molar-refractivity contribution >= 4 is 29.2 Å². The van der Waals surface area contributed by atoms with Crippen LogP contribution in [0.2, 0.25) is 0 Å². The summed E-state index contributed by atoms with van der Waals surface area (Å²) in [6.45, 7) is -0.114. The number of likely N-dealkylation sites (N-methyl/N-ethyl adjacent to an activating group) is 1. The van der Waals surface area contributed by atoms with E-state index in [-0.39, 0.29) is 31.4 Å². The van der Waals surface area contributed by atoms with Crippen molar-refractivity contribution in [3.05, 3.63) is 53.6 Å². The number of fused-ring (bicyclic) bond motifs is 3. The number of nitrogens with zero attached hydrogens (tertiary/aromatic N) is 2. The molecule has 0 aliphatic carbocycles. The Kier molecular flexibility index (Phi) is 4.39. The van der Waals surface area contributed by atoms with Crippen molar-refractivity contribution in [3.63, 3.8) is 0 Å². The van der Waals surface area contributed by atoms with Crippen LogP contribution >= 0.6 is 0 Å². The van der Waals surface area contributed by atoms with Crippen LogP contribution in [0.1, 0.15) is 28.4 Å². The lowest BCUT2D eigenvalue weighted by molar-refractivity contribution is -0.159. The van der Waals surface area contributed by atoms with Crippen molar-refractivity contribution in [2.75, 3.05) is 25.7 Å². The van der Waals surface area contributed by atoms with Gasteiger partial charge in [-0.3, -0.25) is 19.2 Å². The Bertz CT molecular complexity index is 1130. The summed E-state index contributed by atoms with van der Waals surface area (Å²) in [6.07, 6.45) is -0.220. The molecule has 5 rings (SSSR count). The van der Waals surface area contributed by atoms with Gasteiger partial charge >= 0.3 is 0 Å². The van der Waals surface area contributed by atoms with Crippen LogP contribution in [-0.2, 0) is 14.4 Å². The second-order valence-corrected chi connectivity index (χ2v) is 7.69. The maximum absolute atomic E-state index is 13.5. The Morgan fingerprint density at radius 2 is 1.77 bits per heavy atom. The molecular formula is C22H19N3O6. The van der Waals surface area contributed by atoms with E-state index in [0.717, 1.165) is 0 Å². The summed E-state index contributed by atoms with van der Waals surface area (Å²) in [7, 11) is 1.51. The lowest BCUT2D eigenvalue weighted by Gasteiger charge is -2.42. The van der Waals surface area contributed by atoms with Crippen LogP contribution in [0.25, 0.3) is 0 Å². The molecule has 9 nitrogen and oxygen atoms in total. The van der Waals surface area contributed by atoms with Crippen molar-refractivity contribution in [2.45, 2.75) is 18.5 Å². The summed E-state index contributed by atoms with van der Waals surface area (Å²) >= 11 is 0. The molecule has 31 heavy (non-hydrogen) atoms. The van der Waals surface area contributed by atoms with Crippen molar-refractivity contribution in [1.29, 1.82) is 0 Å². The number of nitrogens with one attached hydrogen (secondary N) is 1. The van der Waals surface area contributed by atoms with Crippen molar-refractivity contribution in [2.24, 2.45) is 0 Å². The van der Waals surface area contributed by atoms with Crippen molar-refractivity contribution in [1.82, 2.24) is 9.80 Å². The first-order chi connectivity index (χ1) is 14.9. The molecule has 0 unspecified atom stereocenters. The highest BCUT2D eigenvalue weighted by Gasteiger charge is 2.46. The number of amides is 3. The monoisotopic (exact) mass is 421 g/mol. The van der Waals surface area contributed by atoms with E-state index in [2.05, 4.69) is 5.32 Å². The number of hydrogen-bond acceptors (Lipinski definition) is 6. The molecule has 3 heterocycles. The van der Waals surface area contributed by atoms with E-state index < -0.39 is 23.9 Å². The molecule has 9 heteroatoms. The molecule has 0 radical (unpaired) electrons. The largest absolute Gasteiger partial charge is 0.454 e. The van der Waals surface area contributed by atoms with Gasteiger partial charge in [0.15, 0.2) is 17.3 Å². The van der Waals surface area contributed by atoms with E-state index in [1.165, 1.54) is 16.8 Å². The molecule has 3 aliphatic rings. The molecular weight excluding hydrogens is 402 g/mol. The van der Waals surface area contributed by atoms with Crippen LogP contribution in [0.5, 0.6) is 11.5 Å². The third-order valence-electron chi connectivity index (χ3n) is 5.76. The quantitative estimate of drug-likeness (QED) is 0.745. The van der Waals surface area contributed by atoms with Gasteiger partial charge < -0.3 is 24.6 Å². The molecule has 0 bridgehead atoms. The van der Waals surface area contributed by atoms with Crippen LogP contribution in [0.3, 0.4) is 0 Å². The van der Waals surface area contributed by atoms with Crippen molar-refractivity contribution < 1.29 is 28.7 Å². The number of benzene rings is 2. The van der Waals surface area contributed by atoms with Gasteiger partial charge in [0.25, 0.3) is 5.91 Å². The standard InChI is InChI=1S/C22H19N3O6/c1-24-10-19(27)25-15(22(24)29)9-16(26)13-4-2-3-5-14(13)23-21(28)20(25)12-6-7-17-18(8-12)31-11-30-17/h2-8,15,20H,9-11H2,1H3,(H,23,28)/t15-,20-/m1/s1. The number of piperazine rings is 1. The predicted octanol–water partition coefficient (Wildman–Crippen LogP) is 1.35. The Labute approximate surface area is 177 Å². The van der Waals surface area contributed by atoms with E-state index in [0.29, 0.717) is 28.3 Å². The summed E-state index contributed by atoms with van der Waals surface area (Å²) in [5.74, 6) is -0.656. The summed E-state index contributed by atoms with van der Waals surface area (Å²) in [4.78, 5) is 55.1. The maximum Gasteiger partial charge on any atom is 0.251 e. The number of Topliss-reactive ketones (excluding diaryl/α,β-unsaturated/α-hetero) is 1. The van der Waals surface area contributed by atoms with E-state index in [9.17, 15) is 19.2 Å². The van der Waals surface area contributed by atoms with Gasteiger partial charge in [0.2, 0.25) is 18.6 Å². The normalized spacial score (nSPS) is 22.9. The van der Waals surface area contributed by atoms with Crippen molar-refractivity contribution in [3.8, 4) is 11.5 Å². The number of anilines is 1. The molecule has 0 aromatic heterocycles. The van der Waals surface area contributed by atoms with Gasteiger partial charge in [-0.25, -0.2) is 0 Å². The smallest absolute Gasteiger partial charge is 0.251 e. The Hall–Kier alpha value is -3.88. The molecule has 1 N–H and O–H groups in total. The first kappa shape index (κ1) is 19.1. The number of para-hydroxylation sites is 1. The summed E-state index contributed by atoms with van der Waals surface area (Å²) < 4.78 is 10.8. The minimum Gasteiger partial charge on any atom is -0.454 e. The Morgan fingerprint density at radius 1 is 1.00 bits per heavy atom. The molecule has 3 amide bonds. The highest BCUT2D eigenvalue weighted by atomic mass is 16.7. The first-order valence-electron chi connectivity index (χ1n) is 9.83. The van der Waals surface area contributed by atoms with Gasteiger partial charge in [0.1, 0.15) is 12.1 Å². The molecule has 3 aliphatic heterocycles. The number of rotatable bonds is 1. The molecule has 2 atom stereocenters. The highest BCUT2D eigenvalue weighted by Crippen LogP contribution is 2.38. The third-order valence-corrected chi connectivity index (χ3v) is 5.76. The first-order valence-corrected chi connectivity index (χ1v) is 9.83. The fraction of sp³-hybridized carbons (Fsp3) is 0.273. The lowest BCUT2D eigenvalue weighted by Crippen LogP contribution is -2.61. The lowest BCUT2D eigenvalue weighted by atomic mass is 9.96. The second-order valence-electron chi connectivity index (χ2n) is 7.69. The highest BCUT2D eigenvalue weighted by molar-refractivity contribution is 6.10. The Morgan fingerprint density at radius 3 is 2.61 bits per heavy atom. The molecule has 0 spiro atoms. The fourth-order valence-electron chi connectivity index (χ4n) is 4.26. The zero-order chi connectivity index (χ0) is 21.7. The SMILES string of the molecule is CN1CC(=O)N2[C@H](CC(=O)c3ccccc3NC(=O)[C@H]2c2ccc3c(c2)OCO3)C1=O. The molecule has 2 aromatic carbocycles. The summed E-state index contributed by atoms with van der Waals surface area (Å²) in [6, 6.07) is 9.36. The van der Waals surface area contributed by atoms with Crippen LogP contribution in [0.15, 0.2) is 42.5 Å². The maximum atomic E-state index is 13.5. The number of carbonyl (C=O) groups excluding carboxylic acids is 4. The van der Waals surface area contributed by atoms with Crippen LogP contribution in [-0.4, -0.2) is 59.7 Å². The number of ketones is 1. The van der Waals surface area contributed by atoms with Gasteiger partial charge in [-0.15, -0.1) is 0 Å². The fourth-order valence-corrected chi connectivity index (χ4v) is 4.26. The van der Waals surface area contributed by atoms with E-state index in [1.807, 2.05) is 0 Å². The minimum atomic E-state index is -1.12. The van der Waals surface area contributed by atoms with E-state index in [1.54, 1.807) is 42.5 Å². The van der Waals surface area contributed by atoms with Gasteiger partial charge in [0, 0.05) is 19.0 Å². The average Bonchev–Trinajstić information content (AvgIpc) is 3.23. The number of ether oxygens (including phenoxy) is 2. The van der Waals surface area contributed by atoms with Crippen LogP contribution in [0.4, 0.5) is 5.69 Å². The third kappa shape index (κ3) is 3.09. The van der Waals surface area contributed by atoms with E-state index >= 15 is 0 Å². The predicted molar refractivity (Wildman–Crippen MR) is 108 cm³/mol. The van der Waals surface area contributed by atoms with E-state index in [4.69, 9.17) is 9.47 Å². The topological polar surface area (TPSA) is 105 Å². The molecule has 1 fully saturated rings. The summed E-state index contributed by atoms with van der Waals surface area (Å²) in [5, 5.41) is 2.78. The average molecular weight is 421 g/mol. The zero-order valence-corrected chi connectivity index (χ0v) is 16.7. The minimum absolute atomic E-state index is 0.0616. The molecule has 1 saturated heterocycles. The van der Waals surface area contributed by atoms with Gasteiger partial charge in [-0.2, -0.15) is 0 Å². The second kappa shape index (κ2) is 7.12.